The van der Waals surface area contributed by atoms with Gasteiger partial charge < -0.3 is 4.90 Å². The Morgan fingerprint density at radius 3 is 2.80 bits per heavy atom. The minimum Gasteiger partial charge on any atom is -0.307 e. The number of hydrogen-bond acceptors (Lipinski definition) is 5. The fourth-order valence-electron chi connectivity index (χ4n) is 2.82. The maximum absolute atomic E-state index is 12.3. The maximum Gasteiger partial charge on any atom is 0.276 e. The van der Waals surface area contributed by atoms with Crippen molar-refractivity contribution < 1.29 is 9.72 Å². The SMILES string of the molecule is Cn1cc(N2CCN(C/C=C/c3ccccc3[N+](=O)[O-])CC2=O)cn1. The van der Waals surface area contributed by atoms with Gasteiger partial charge in [0.1, 0.15) is 0 Å². The molecule has 0 spiro atoms. The van der Waals surface area contributed by atoms with E-state index in [4.69, 9.17) is 0 Å². The van der Waals surface area contributed by atoms with Gasteiger partial charge in [-0.05, 0) is 6.07 Å². The van der Waals surface area contributed by atoms with E-state index >= 15 is 0 Å². The monoisotopic (exact) mass is 341 g/mol. The van der Waals surface area contributed by atoms with E-state index in [0.717, 1.165) is 12.2 Å². The summed E-state index contributed by atoms with van der Waals surface area (Å²) >= 11 is 0. The van der Waals surface area contributed by atoms with E-state index in [-0.39, 0.29) is 11.6 Å². The predicted molar refractivity (Wildman–Crippen MR) is 94.1 cm³/mol. The average molecular weight is 341 g/mol. The third-order valence-corrected chi connectivity index (χ3v) is 4.10. The Morgan fingerprint density at radius 2 is 2.12 bits per heavy atom. The number of aromatic nitrogens is 2. The second kappa shape index (κ2) is 7.27. The van der Waals surface area contributed by atoms with E-state index in [9.17, 15) is 14.9 Å². The topological polar surface area (TPSA) is 84.5 Å². The highest BCUT2D eigenvalue weighted by atomic mass is 16.6. The van der Waals surface area contributed by atoms with Crippen molar-refractivity contribution >= 4 is 23.4 Å². The minimum atomic E-state index is -0.393. The molecule has 130 valence electrons. The van der Waals surface area contributed by atoms with Crippen LogP contribution in [0.3, 0.4) is 0 Å². The average Bonchev–Trinajstić information content (AvgIpc) is 3.01. The molecule has 1 aliphatic heterocycles. The van der Waals surface area contributed by atoms with Crippen molar-refractivity contribution in [3.8, 4) is 0 Å². The lowest BCUT2D eigenvalue weighted by molar-refractivity contribution is -0.385. The molecule has 1 saturated heterocycles. The summed E-state index contributed by atoms with van der Waals surface area (Å²) in [5.74, 6) is 0.0262. The zero-order valence-electron chi connectivity index (χ0n) is 13.9. The van der Waals surface area contributed by atoms with Crippen molar-refractivity contribution in [3.05, 3.63) is 58.4 Å². The van der Waals surface area contributed by atoms with E-state index in [1.54, 1.807) is 40.1 Å². The van der Waals surface area contributed by atoms with E-state index in [1.807, 2.05) is 24.2 Å². The quantitative estimate of drug-likeness (QED) is 0.610. The summed E-state index contributed by atoms with van der Waals surface area (Å²) in [6, 6.07) is 6.60. The van der Waals surface area contributed by atoms with Crippen LogP contribution in [0.1, 0.15) is 5.56 Å². The van der Waals surface area contributed by atoms with Crippen LogP contribution < -0.4 is 4.90 Å². The molecule has 1 amide bonds. The number of benzene rings is 1. The van der Waals surface area contributed by atoms with E-state index < -0.39 is 4.92 Å². The fraction of sp³-hybridized carbons (Fsp3) is 0.294. The third-order valence-electron chi connectivity index (χ3n) is 4.10. The summed E-state index contributed by atoms with van der Waals surface area (Å²) in [5.41, 5.74) is 1.45. The number of aryl methyl sites for hydroxylation is 1. The number of amides is 1. The molecule has 0 atom stereocenters. The summed E-state index contributed by atoms with van der Waals surface area (Å²) in [6.07, 6.45) is 7.09. The zero-order chi connectivity index (χ0) is 17.8. The first kappa shape index (κ1) is 16.8. The largest absolute Gasteiger partial charge is 0.307 e. The smallest absolute Gasteiger partial charge is 0.276 e. The number of nitrogens with zero attached hydrogens (tertiary/aromatic N) is 5. The Kier molecular flexibility index (Phi) is 4.90. The lowest BCUT2D eigenvalue weighted by Gasteiger charge is -2.32. The molecule has 25 heavy (non-hydrogen) atoms. The van der Waals surface area contributed by atoms with Gasteiger partial charge in [0, 0.05) is 38.9 Å². The van der Waals surface area contributed by atoms with Crippen molar-refractivity contribution in [1.29, 1.82) is 0 Å². The van der Waals surface area contributed by atoms with Crippen LogP contribution in [0.5, 0.6) is 0 Å². The van der Waals surface area contributed by atoms with Crippen LogP contribution in [0.4, 0.5) is 11.4 Å². The molecular formula is C17H19N5O3. The summed E-state index contributed by atoms with van der Waals surface area (Å²) in [5, 5.41) is 15.1. The molecule has 1 aliphatic rings. The molecule has 1 aromatic carbocycles. The van der Waals surface area contributed by atoms with Gasteiger partial charge in [0.15, 0.2) is 0 Å². The van der Waals surface area contributed by atoms with E-state index in [1.165, 1.54) is 6.07 Å². The van der Waals surface area contributed by atoms with Crippen molar-refractivity contribution in [2.75, 3.05) is 31.1 Å². The number of piperazine rings is 1. The Labute approximate surface area is 145 Å². The van der Waals surface area contributed by atoms with Gasteiger partial charge in [-0.15, -0.1) is 0 Å². The molecule has 0 saturated carbocycles. The Morgan fingerprint density at radius 1 is 1.32 bits per heavy atom. The number of nitro groups is 1. The Hall–Kier alpha value is -3.00. The first-order chi connectivity index (χ1) is 12.0. The molecule has 8 nitrogen and oxygen atoms in total. The van der Waals surface area contributed by atoms with Gasteiger partial charge in [0.05, 0.1) is 28.9 Å². The highest BCUT2D eigenvalue weighted by molar-refractivity contribution is 5.95. The van der Waals surface area contributed by atoms with Crippen molar-refractivity contribution in [2.24, 2.45) is 7.05 Å². The van der Waals surface area contributed by atoms with Crippen LogP contribution in [0.25, 0.3) is 6.08 Å². The standard InChI is InChI=1S/C17H19N5O3/c1-19-12-15(11-18-19)21-10-9-20(13-17(21)23)8-4-6-14-5-2-3-7-16(14)22(24)25/h2-7,11-12H,8-10,13H2,1H3/b6-4+. The molecule has 8 heteroatoms. The molecule has 2 aromatic rings. The van der Waals surface area contributed by atoms with Gasteiger partial charge >= 0.3 is 0 Å². The van der Waals surface area contributed by atoms with Gasteiger partial charge in [-0.2, -0.15) is 5.10 Å². The van der Waals surface area contributed by atoms with Crippen LogP contribution in [-0.4, -0.2) is 51.7 Å². The molecule has 2 heterocycles. The summed E-state index contributed by atoms with van der Waals surface area (Å²) < 4.78 is 1.67. The van der Waals surface area contributed by atoms with Crippen LogP contribution in [0, 0.1) is 10.1 Å². The molecule has 1 aromatic heterocycles. The number of anilines is 1. The van der Waals surface area contributed by atoms with Crippen molar-refractivity contribution in [2.45, 2.75) is 0 Å². The van der Waals surface area contributed by atoms with Gasteiger partial charge in [-0.25, -0.2) is 0 Å². The first-order valence-corrected chi connectivity index (χ1v) is 7.96. The highest BCUT2D eigenvalue weighted by Crippen LogP contribution is 2.19. The third kappa shape index (κ3) is 3.92. The molecule has 0 N–H and O–H groups in total. The molecule has 0 aliphatic carbocycles. The van der Waals surface area contributed by atoms with Crippen LogP contribution in [-0.2, 0) is 11.8 Å². The van der Waals surface area contributed by atoms with Gasteiger partial charge in [-0.1, -0.05) is 24.3 Å². The van der Waals surface area contributed by atoms with Crippen molar-refractivity contribution in [3.63, 3.8) is 0 Å². The molecule has 0 bridgehead atoms. The fourth-order valence-corrected chi connectivity index (χ4v) is 2.82. The van der Waals surface area contributed by atoms with Crippen LogP contribution in [0.15, 0.2) is 42.7 Å². The molecule has 0 unspecified atom stereocenters. The lowest BCUT2D eigenvalue weighted by Crippen LogP contribution is -2.50. The maximum atomic E-state index is 12.3. The molecule has 3 rings (SSSR count). The zero-order valence-corrected chi connectivity index (χ0v) is 13.9. The van der Waals surface area contributed by atoms with Crippen molar-refractivity contribution in [1.82, 2.24) is 14.7 Å². The Bertz CT molecular complexity index is 814. The summed E-state index contributed by atoms with van der Waals surface area (Å²) in [4.78, 5) is 26.7. The number of hydrogen-bond donors (Lipinski definition) is 0. The number of carbonyl (C=O) groups is 1. The second-order valence-corrected chi connectivity index (χ2v) is 5.87. The normalized spacial score (nSPS) is 15.9. The second-order valence-electron chi connectivity index (χ2n) is 5.87. The van der Waals surface area contributed by atoms with Crippen LogP contribution >= 0.6 is 0 Å². The van der Waals surface area contributed by atoms with E-state index in [0.29, 0.717) is 25.2 Å². The van der Waals surface area contributed by atoms with Crippen LogP contribution in [0.2, 0.25) is 0 Å². The van der Waals surface area contributed by atoms with Gasteiger partial charge in [0.2, 0.25) is 5.91 Å². The first-order valence-electron chi connectivity index (χ1n) is 7.96. The molecule has 1 fully saturated rings. The summed E-state index contributed by atoms with van der Waals surface area (Å²) in [6.45, 7) is 2.22. The highest BCUT2D eigenvalue weighted by Gasteiger charge is 2.25. The molecule has 0 radical (unpaired) electrons. The summed E-state index contributed by atoms with van der Waals surface area (Å²) in [7, 11) is 1.82. The number of para-hydroxylation sites is 1. The number of nitro benzene ring substituents is 1. The van der Waals surface area contributed by atoms with E-state index in [2.05, 4.69) is 5.10 Å². The number of carbonyl (C=O) groups excluding carboxylic acids is 1. The predicted octanol–water partition coefficient (Wildman–Crippen LogP) is 1.69. The van der Waals surface area contributed by atoms with Gasteiger partial charge in [-0.3, -0.25) is 24.5 Å². The molecular weight excluding hydrogens is 322 g/mol. The van der Waals surface area contributed by atoms with Gasteiger partial charge in [0.25, 0.3) is 5.69 Å². The lowest BCUT2D eigenvalue weighted by atomic mass is 10.1. The number of rotatable bonds is 5. The Balaban J connectivity index is 1.59. The minimum absolute atomic E-state index is 0.0262.